The molecule has 0 aliphatic carbocycles. The second-order valence-electron chi connectivity index (χ2n) is 5.24. The summed E-state index contributed by atoms with van der Waals surface area (Å²) in [5, 5.41) is 5.07. The summed E-state index contributed by atoms with van der Waals surface area (Å²) in [6, 6.07) is 5.70. The van der Waals surface area contributed by atoms with Crippen molar-refractivity contribution in [1.82, 2.24) is 15.2 Å². The van der Waals surface area contributed by atoms with Crippen LogP contribution in [0.5, 0.6) is 5.75 Å². The fourth-order valence-electron chi connectivity index (χ4n) is 2.44. The van der Waals surface area contributed by atoms with E-state index in [1.54, 1.807) is 13.3 Å². The molecule has 1 atom stereocenters. The standard InChI is InChI=1S/C15H21ClN4O/c1-9(2)20-15(13(21-4)8-18-20)14(19-17)12-7-11(16)6-5-10(12)3/h5-9,14,19H,17H2,1-4H3. The van der Waals surface area contributed by atoms with Gasteiger partial charge in [0.05, 0.1) is 19.3 Å². The topological polar surface area (TPSA) is 65.1 Å². The molecule has 1 unspecified atom stereocenters. The number of benzene rings is 1. The van der Waals surface area contributed by atoms with Crippen LogP contribution in [-0.2, 0) is 0 Å². The van der Waals surface area contributed by atoms with Crippen LogP contribution in [0.2, 0.25) is 5.02 Å². The number of aryl methyl sites for hydroxylation is 1. The van der Waals surface area contributed by atoms with Gasteiger partial charge in [0, 0.05) is 11.1 Å². The molecule has 2 aromatic rings. The van der Waals surface area contributed by atoms with E-state index < -0.39 is 0 Å². The molecule has 0 aliphatic heterocycles. The van der Waals surface area contributed by atoms with E-state index in [1.807, 2.05) is 29.8 Å². The lowest BCUT2D eigenvalue weighted by Crippen LogP contribution is -2.32. The van der Waals surface area contributed by atoms with E-state index in [1.165, 1.54) is 0 Å². The van der Waals surface area contributed by atoms with Gasteiger partial charge in [0.2, 0.25) is 0 Å². The molecular formula is C15H21ClN4O. The number of methoxy groups -OCH3 is 1. The summed E-state index contributed by atoms with van der Waals surface area (Å²) in [7, 11) is 1.63. The molecule has 1 aromatic heterocycles. The summed E-state index contributed by atoms with van der Waals surface area (Å²) < 4.78 is 7.35. The smallest absolute Gasteiger partial charge is 0.161 e. The molecule has 6 heteroatoms. The first-order valence-corrected chi connectivity index (χ1v) is 7.21. The van der Waals surface area contributed by atoms with Gasteiger partial charge in [-0.2, -0.15) is 5.10 Å². The Kier molecular flexibility index (Phi) is 4.88. The Labute approximate surface area is 130 Å². The lowest BCUT2D eigenvalue weighted by molar-refractivity contribution is 0.394. The highest BCUT2D eigenvalue weighted by atomic mass is 35.5. The van der Waals surface area contributed by atoms with Gasteiger partial charge >= 0.3 is 0 Å². The zero-order valence-electron chi connectivity index (χ0n) is 12.7. The van der Waals surface area contributed by atoms with Gasteiger partial charge in [-0.25, -0.2) is 5.43 Å². The molecule has 1 aromatic carbocycles. The number of hydrogen-bond acceptors (Lipinski definition) is 4. The molecule has 0 saturated carbocycles. The van der Waals surface area contributed by atoms with Crippen LogP contribution in [-0.4, -0.2) is 16.9 Å². The molecule has 1 heterocycles. The number of hydrazine groups is 1. The van der Waals surface area contributed by atoms with E-state index >= 15 is 0 Å². The minimum atomic E-state index is -0.247. The van der Waals surface area contributed by atoms with E-state index in [-0.39, 0.29) is 12.1 Å². The highest BCUT2D eigenvalue weighted by Crippen LogP contribution is 2.33. The molecule has 5 nitrogen and oxygen atoms in total. The van der Waals surface area contributed by atoms with Crippen LogP contribution < -0.4 is 16.0 Å². The van der Waals surface area contributed by atoms with Crippen molar-refractivity contribution in [2.45, 2.75) is 32.9 Å². The van der Waals surface area contributed by atoms with Crippen molar-refractivity contribution in [2.24, 2.45) is 5.84 Å². The van der Waals surface area contributed by atoms with Gasteiger partial charge in [-0.3, -0.25) is 10.5 Å². The molecule has 3 N–H and O–H groups in total. The number of hydrogen-bond donors (Lipinski definition) is 2. The third-order valence-electron chi connectivity index (χ3n) is 3.50. The number of ether oxygens (including phenoxy) is 1. The highest BCUT2D eigenvalue weighted by molar-refractivity contribution is 6.30. The molecule has 0 fully saturated rings. The fourth-order valence-corrected chi connectivity index (χ4v) is 2.62. The molecule has 0 spiro atoms. The van der Waals surface area contributed by atoms with Crippen molar-refractivity contribution in [2.75, 3.05) is 7.11 Å². The summed E-state index contributed by atoms with van der Waals surface area (Å²) in [4.78, 5) is 0. The molecule has 0 amide bonds. The second kappa shape index (κ2) is 6.47. The summed E-state index contributed by atoms with van der Waals surface area (Å²) >= 11 is 6.13. The average molecular weight is 309 g/mol. The first-order valence-electron chi connectivity index (χ1n) is 6.83. The Morgan fingerprint density at radius 3 is 2.67 bits per heavy atom. The van der Waals surface area contributed by atoms with Crippen LogP contribution in [0.1, 0.15) is 42.8 Å². The van der Waals surface area contributed by atoms with Crippen LogP contribution in [0.25, 0.3) is 0 Å². The molecule has 0 radical (unpaired) electrons. The summed E-state index contributed by atoms with van der Waals surface area (Å²) in [6.45, 7) is 6.15. The Morgan fingerprint density at radius 1 is 1.38 bits per heavy atom. The zero-order valence-corrected chi connectivity index (χ0v) is 13.5. The predicted molar refractivity (Wildman–Crippen MR) is 84.5 cm³/mol. The molecule has 21 heavy (non-hydrogen) atoms. The Balaban J connectivity index is 2.61. The van der Waals surface area contributed by atoms with Gasteiger partial charge in [0.15, 0.2) is 5.75 Å². The monoisotopic (exact) mass is 308 g/mol. The van der Waals surface area contributed by atoms with Crippen LogP contribution in [0.15, 0.2) is 24.4 Å². The van der Waals surface area contributed by atoms with Crippen LogP contribution in [0.4, 0.5) is 0 Å². The third kappa shape index (κ3) is 3.05. The fraction of sp³-hybridized carbons (Fsp3) is 0.400. The molecular weight excluding hydrogens is 288 g/mol. The SMILES string of the molecule is COc1cnn(C(C)C)c1C(NN)c1cc(Cl)ccc1C. The second-order valence-corrected chi connectivity index (χ2v) is 5.67. The highest BCUT2D eigenvalue weighted by Gasteiger charge is 2.25. The maximum Gasteiger partial charge on any atom is 0.161 e. The maximum atomic E-state index is 6.13. The number of nitrogens with two attached hydrogens (primary N) is 1. The minimum Gasteiger partial charge on any atom is -0.493 e. The van der Waals surface area contributed by atoms with Crippen molar-refractivity contribution in [3.63, 3.8) is 0 Å². The Morgan fingerprint density at radius 2 is 2.10 bits per heavy atom. The lowest BCUT2D eigenvalue weighted by atomic mass is 9.98. The number of halogens is 1. The van der Waals surface area contributed by atoms with Crippen LogP contribution >= 0.6 is 11.6 Å². The van der Waals surface area contributed by atoms with E-state index in [2.05, 4.69) is 24.4 Å². The van der Waals surface area contributed by atoms with E-state index in [9.17, 15) is 0 Å². The zero-order chi connectivity index (χ0) is 15.6. The predicted octanol–water partition coefficient (Wildman–Crippen LogP) is 2.99. The summed E-state index contributed by atoms with van der Waals surface area (Å²) in [5.74, 6) is 6.52. The average Bonchev–Trinajstić information content (AvgIpc) is 2.87. The number of nitrogens with one attached hydrogen (secondary N) is 1. The van der Waals surface area contributed by atoms with E-state index in [0.29, 0.717) is 10.8 Å². The van der Waals surface area contributed by atoms with Gasteiger partial charge in [-0.05, 0) is 44.0 Å². The number of aromatic nitrogens is 2. The lowest BCUT2D eigenvalue weighted by Gasteiger charge is -2.22. The largest absolute Gasteiger partial charge is 0.493 e. The summed E-state index contributed by atoms with van der Waals surface area (Å²) in [5.41, 5.74) is 5.85. The number of rotatable bonds is 5. The van der Waals surface area contributed by atoms with Gasteiger partial charge in [0.25, 0.3) is 0 Å². The van der Waals surface area contributed by atoms with Gasteiger partial charge in [0.1, 0.15) is 5.69 Å². The van der Waals surface area contributed by atoms with Crippen molar-refractivity contribution >= 4 is 11.6 Å². The Hall–Kier alpha value is -1.56. The third-order valence-corrected chi connectivity index (χ3v) is 3.74. The van der Waals surface area contributed by atoms with Crippen molar-refractivity contribution in [1.29, 1.82) is 0 Å². The quantitative estimate of drug-likeness (QED) is 0.658. The van der Waals surface area contributed by atoms with E-state index in [0.717, 1.165) is 16.8 Å². The molecule has 0 aliphatic rings. The van der Waals surface area contributed by atoms with Gasteiger partial charge in [-0.15, -0.1) is 0 Å². The molecule has 0 bridgehead atoms. The van der Waals surface area contributed by atoms with Gasteiger partial charge < -0.3 is 4.74 Å². The summed E-state index contributed by atoms with van der Waals surface area (Å²) in [6.07, 6.45) is 1.71. The Bertz CT molecular complexity index is 624. The molecule has 114 valence electrons. The van der Waals surface area contributed by atoms with Crippen molar-refractivity contribution < 1.29 is 4.74 Å². The van der Waals surface area contributed by atoms with Crippen LogP contribution in [0, 0.1) is 6.92 Å². The maximum absolute atomic E-state index is 6.13. The first kappa shape index (κ1) is 15.8. The van der Waals surface area contributed by atoms with Crippen molar-refractivity contribution in [3.8, 4) is 5.75 Å². The van der Waals surface area contributed by atoms with Crippen LogP contribution in [0.3, 0.4) is 0 Å². The first-order chi connectivity index (χ1) is 9.99. The van der Waals surface area contributed by atoms with Crippen molar-refractivity contribution in [3.05, 3.63) is 46.2 Å². The minimum absolute atomic E-state index is 0.194. The molecule has 0 saturated heterocycles. The van der Waals surface area contributed by atoms with Gasteiger partial charge in [-0.1, -0.05) is 17.7 Å². The normalized spacial score (nSPS) is 12.7. The van der Waals surface area contributed by atoms with E-state index in [4.69, 9.17) is 22.2 Å². The molecule has 2 rings (SSSR count). The number of nitrogens with zero attached hydrogens (tertiary/aromatic N) is 2.